The first-order valence-corrected chi connectivity index (χ1v) is 8.22. The molecule has 0 radical (unpaired) electrons. The summed E-state index contributed by atoms with van der Waals surface area (Å²) in [5.41, 5.74) is 3.05. The number of anilines is 1. The van der Waals surface area contributed by atoms with E-state index in [-0.39, 0.29) is 6.10 Å². The van der Waals surface area contributed by atoms with Gasteiger partial charge in [0.1, 0.15) is 17.6 Å². The minimum atomic E-state index is 0.217. The maximum Gasteiger partial charge on any atom is 0.233 e. The fourth-order valence-corrected chi connectivity index (χ4v) is 3.00. The Hall–Kier alpha value is -2.76. The Bertz CT molecular complexity index is 842. The highest BCUT2D eigenvalue weighted by Gasteiger charge is 2.22. The van der Waals surface area contributed by atoms with Gasteiger partial charge in [-0.2, -0.15) is 0 Å². The van der Waals surface area contributed by atoms with E-state index in [0.29, 0.717) is 18.9 Å². The van der Waals surface area contributed by atoms with Gasteiger partial charge >= 0.3 is 0 Å². The summed E-state index contributed by atoms with van der Waals surface area (Å²) >= 11 is 0. The third-order valence-electron chi connectivity index (χ3n) is 4.04. The van der Waals surface area contributed by atoms with Crippen LogP contribution in [0.2, 0.25) is 0 Å². The maximum atomic E-state index is 5.86. The van der Waals surface area contributed by atoms with Gasteiger partial charge in [-0.05, 0) is 26.0 Å². The molecular formula is C18H20N4O2. The van der Waals surface area contributed by atoms with E-state index in [1.165, 1.54) is 5.56 Å². The van der Waals surface area contributed by atoms with E-state index >= 15 is 0 Å². The Labute approximate surface area is 140 Å². The molecule has 0 amide bonds. The lowest BCUT2D eigenvalue weighted by Gasteiger charge is -2.13. The Morgan fingerprint density at radius 2 is 2.33 bits per heavy atom. The monoisotopic (exact) mass is 324 g/mol. The number of fused-ring (bicyclic) bond motifs is 2. The molecule has 1 N–H and O–H groups in total. The molecule has 6 heteroatoms. The normalized spacial score (nSPS) is 16.0. The second-order valence-corrected chi connectivity index (χ2v) is 5.93. The molecule has 0 saturated carbocycles. The highest BCUT2D eigenvalue weighted by atomic mass is 16.5. The largest absolute Gasteiger partial charge is 0.492 e. The number of ether oxygens (including phenoxy) is 2. The molecule has 1 atom stereocenters. The molecule has 2 aromatic heterocycles. The lowest BCUT2D eigenvalue weighted by molar-refractivity contribution is 0.254. The number of benzene rings is 1. The van der Waals surface area contributed by atoms with E-state index in [1.54, 1.807) is 6.20 Å². The van der Waals surface area contributed by atoms with Crippen LogP contribution in [0.15, 0.2) is 36.8 Å². The Morgan fingerprint density at radius 3 is 3.17 bits per heavy atom. The molecule has 0 fully saturated rings. The number of hydrogen-bond acceptors (Lipinski definition) is 5. The number of rotatable bonds is 5. The molecule has 6 nitrogen and oxygen atoms in total. The molecule has 0 spiro atoms. The summed E-state index contributed by atoms with van der Waals surface area (Å²) in [6.45, 7) is 5.29. The molecule has 24 heavy (non-hydrogen) atoms. The predicted octanol–water partition coefficient (Wildman–Crippen LogP) is 3.06. The first kappa shape index (κ1) is 14.8. The van der Waals surface area contributed by atoms with E-state index in [0.717, 1.165) is 29.3 Å². The number of imidazole rings is 1. The zero-order valence-corrected chi connectivity index (χ0v) is 13.8. The Kier molecular flexibility index (Phi) is 3.72. The fraction of sp³-hybridized carbons (Fsp3) is 0.333. The van der Waals surface area contributed by atoms with Crippen molar-refractivity contribution in [1.82, 2.24) is 14.4 Å². The lowest BCUT2D eigenvalue weighted by Crippen LogP contribution is -2.05. The van der Waals surface area contributed by atoms with Crippen LogP contribution in [0.25, 0.3) is 5.78 Å². The van der Waals surface area contributed by atoms with E-state index < -0.39 is 0 Å². The van der Waals surface area contributed by atoms with Crippen LogP contribution >= 0.6 is 0 Å². The van der Waals surface area contributed by atoms with Gasteiger partial charge in [-0.3, -0.25) is 4.40 Å². The summed E-state index contributed by atoms with van der Waals surface area (Å²) in [5.74, 6) is 2.49. The van der Waals surface area contributed by atoms with Crippen molar-refractivity contribution in [2.24, 2.45) is 0 Å². The van der Waals surface area contributed by atoms with Crippen LogP contribution in [0.4, 0.5) is 5.69 Å². The van der Waals surface area contributed by atoms with Gasteiger partial charge in [0, 0.05) is 36.6 Å². The summed E-state index contributed by atoms with van der Waals surface area (Å²) in [6, 6.07) is 5.99. The second-order valence-electron chi connectivity index (χ2n) is 5.93. The summed E-state index contributed by atoms with van der Waals surface area (Å²) < 4.78 is 13.6. The first-order valence-electron chi connectivity index (χ1n) is 8.22. The van der Waals surface area contributed by atoms with Gasteiger partial charge in [-0.25, -0.2) is 9.97 Å². The summed E-state index contributed by atoms with van der Waals surface area (Å²) in [6.07, 6.45) is 6.80. The van der Waals surface area contributed by atoms with Crippen molar-refractivity contribution in [3.05, 3.63) is 48.0 Å². The van der Waals surface area contributed by atoms with Crippen molar-refractivity contribution in [3.63, 3.8) is 0 Å². The second kappa shape index (κ2) is 6.03. The Morgan fingerprint density at radius 1 is 1.42 bits per heavy atom. The molecule has 0 aliphatic carbocycles. The molecule has 0 saturated heterocycles. The fourth-order valence-electron chi connectivity index (χ4n) is 3.00. The van der Waals surface area contributed by atoms with Crippen LogP contribution in [0.3, 0.4) is 0 Å². The molecule has 3 aromatic rings. The van der Waals surface area contributed by atoms with E-state index in [4.69, 9.17) is 9.47 Å². The quantitative estimate of drug-likeness (QED) is 0.781. The molecule has 4 rings (SSSR count). The molecule has 1 aromatic carbocycles. The van der Waals surface area contributed by atoms with E-state index in [1.807, 2.05) is 35.9 Å². The van der Waals surface area contributed by atoms with Crippen LogP contribution < -0.4 is 14.8 Å². The van der Waals surface area contributed by atoms with Crippen molar-refractivity contribution in [3.8, 4) is 11.5 Å². The van der Waals surface area contributed by atoms with Crippen LogP contribution in [-0.2, 0) is 13.0 Å². The number of hydrogen-bond donors (Lipinski definition) is 1. The molecule has 1 aliphatic rings. The molecule has 0 unspecified atom stereocenters. The average molecular weight is 324 g/mol. The first-order chi connectivity index (χ1) is 11.7. The van der Waals surface area contributed by atoms with Gasteiger partial charge in [-0.15, -0.1) is 0 Å². The highest BCUT2D eigenvalue weighted by molar-refractivity contribution is 5.63. The van der Waals surface area contributed by atoms with E-state index in [2.05, 4.69) is 28.3 Å². The van der Waals surface area contributed by atoms with Crippen molar-refractivity contribution < 1.29 is 9.47 Å². The van der Waals surface area contributed by atoms with Gasteiger partial charge in [0.15, 0.2) is 0 Å². The minimum absolute atomic E-state index is 0.217. The topological polar surface area (TPSA) is 60.7 Å². The molecule has 1 aliphatic heterocycles. The molecular weight excluding hydrogens is 304 g/mol. The van der Waals surface area contributed by atoms with E-state index in [9.17, 15) is 0 Å². The van der Waals surface area contributed by atoms with Gasteiger partial charge in [0.25, 0.3) is 0 Å². The number of aromatic nitrogens is 3. The van der Waals surface area contributed by atoms with Crippen molar-refractivity contribution in [1.29, 1.82) is 0 Å². The SMILES string of the molecule is CCOc1cc2c(cc1NCc1cn3cccnc3n1)O[C@H](C)C2. The van der Waals surface area contributed by atoms with Crippen molar-refractivity contribution in [2.75, 3.05) is 11.9 Å². The zero-order chi connectivity index (χ0) is 16.5. The van der Waals surface area contributed by atoms with Gasteiger partial charge in [0.05, 0.1) is 24.5 Å². The zero-order valence-electron chi connectivity index (χ0n) is 13.8. The summed E-state index contributed by atoms with van der Waals surface area (Å²) in [5, 5.41) is 3.41. The Balaban J connectivity index is 1.58. The number of nitrogens with zero attached hydrogens (tertiary/aromatic N) is 3. The van der Waals surface area contributed by atoms with Gasteiger partial charge in [-0.1, -0.05) is 0 Å². The van der Waals surface area contributed by atoms with Gasteiger partial charge in [0.2, 0.25) is 5.78 Å². The molecule has 124 valence electrons. The summed E-state index contributed by atoms with van der Waals surface area (Å²) in [4.78, 5) is 8.74. The third kappa shape index (κ3) is 2.75. The average Bonchev–Trinajstić information content (AvgIpc) is 3.14. The molecule has 3 heterocycles. The predicted molar refractivity (Wildman–Crippen MR) is 91.7 cm³/mol. The smallest absolute Gasteiger partial charge is 0.233 e. The third-order valence-corrected chi connectivity index (χ3v) is 4.04. The van der Waals surface area contributed by atoms with Crippen LogP contribution in [0, 0.1) is 0 Å². The standard InChI is InChI=1S/C18H20N4O2/c1-3-23-17-8-13-7-12(2)24-16(13)9-15(17)20-10-14-11-22-6-4-5-19-18(22)21-14/h4-6,8-9,11-12,20H,3,7,10H2,1-2H3/t12-/m1/s1. The van der Waals surface area contributed by atoms with Gasteiger partial charge < -0.3 is 14.8 Å². The lowest BCUT2D eigenvalue weighted by atomic mass is 10.1. The molecule has 0 bridgehead atoms. The highest BCUT2D eigenvalue weighted by Crippen LogP contribution is 2.38. The minimum Gasteiger partial charge on any atom is -0.492 e. The van der Waals surface area contributed by atoms with Crippen molar-refractivity contribution >= 4 is 11.5 Å². The maximum absolute atomic E-state index is 5.86. The van der Waals surface area contributed by atoms with Crippen LogP contribution in [0.1, 0.15) is 25.1 Å². The number of nitrogens with one attached hydrogen (secondary N) is 1. The summed E-state index contributed by atoms with van der Waals surface area (Å²) in [7, 11) is 0. The van der Waals surface area contributed by atoms with Crippen LogP contribution in [0.5, 0.6) is 11.5 Å². The van der Waals surface area contributed by atoms with Crippen LogP contribution in [-0.4, -0.2) is 27.1 Å². The van der Waals surface area contributed by atoms with Crippen molar-refractivity contribution in [2.45, 2.75) is 32.9 Å².